The molecule has 10 aromatic rings. The van der Waals surface area contributed by atoms with Gasteiger partial charge in [-0.15, -0.1) is 0 Å². The van der Waals surface area contributed by atoms with Crippen LogP contribution in [0.1, 0.15) is 0 Å². The van der Waals surface area contributed by atoms with Gasteiger partial charge in [0.15, 0.2) is 17.5 Å². The molecule has 0 radical (unpaired) electrons. The Balaban J connectivity index is 1.08. The average Bonchev–Trinajstić information content (AvgIpc) is 3.74. The summed E-state index contributed by atoms with van der Waals surface area (Å²) in [6, 6.07) is 58.6. The number of nitrogens with zero attached hydrogens (tertiary/aromatic N) is 4. The van der Waals surface area contributed by atoms with Crippen LogP contribution < -0.4 is 0 Å². The predicted octanol–water partition coefficient (Wildman–Crippen LogP) is 11.5. The third kappa shape index (κ3) is 4.60. The topological polar surface area (TPSA) is 56.7 Å². The molecule has 3 heterocycles. The molecule has 234 valence electrons. The molecule has 0 spiro atoms. The maximum absolute atomic E-state index is 6.27. The molecule has 5 heteroatoms. The molecule has 0 bridgehead atoms. The Morgan fingerprint density at radius 3 is 1.58 bits per heavy atom. The molecule has 0 amide bonds. The van der Waals surface area contributed by atoms with Crippen molar-refractivity contribution in [1.82, 2.24) is 19.5 Å². The average molecular weight is 641 g/mol. The Labute approximate surface area is 287 Å². The number of para-hydroxylation sites is 2. The zero-order chi connectivity index (χ0) is 33.0. The fourth-order valence-corrected chi connectivity index (χ4v) is 7.10. The highest BCUT2D eigenvalue weighted by Gasteiger charge is 2.18. The van der Waals surface area contributed by atoms with Crippen LogP contribution in [0.2, 0.25) is 0 Å². The number of aromatic nitrogens is 4. The Hall–Kier alpha value is -6.85. The Kier molecular flexibility index (Phi) is 6.42. The molecule has 0 aliphatic carbocycles. The van der Waals surface area contributed by atoms with E-state index in [0.717, 1.165) is 66.5 Å². The van der Waals surface area contributed by atoms with E-state index < -0.39 is 0 Å². The highest BCUT2D eigenvalue weighted by atomic mass is 16.3. The van der Waals surface area contributed by atoms with E-state index in [9.17, 15) is 0 Å². The summed E-state index contributed by atoms with van der Waals surface area (Å²) >= 11 is 0. The number of hydrogen-bond donors (Lipinski definition) is 0. The maximum Gasteiger partial charge on any atom is 0.164 e. The third-order valence-corrected chi connectivity index (χ3v) is 9.47. The van der Waals surface area contributed by atoms with Gasteiger partial charge < -0.3 is 8.98 Å². The van der Waals surface area contributed by atoms with Gasteiger partial charge in [0.1, 0.15) is 11.2 Å². The predicted molar refractivity (Wildman–Crippen MR) is 203 cm³/mol. The summed E-state index contributed by atoms with van der Waals surface area (Å²) in [5, 5.41) is 4.64. The van der Waals surface area contributed by atoms with Gasteiger partial charge in [0, 0.05) is 32.8 Å². The minimum Gasteiger partial charge on any atom is -0.456 e. The van der Waals surface area contributed by atoms with E-state index in [2.05, 4.69) is 102 Å². The molecule has 50 heavy (non-hydrogen) atoms. The lowest BCUT2D eigenvalue weighted by Crippen LogP contribution is -2.00. The summed E-state index contributed by atoms with van der Waals surface area (Å²) in [4.78, 5) is 14.7. The second-order valence-electron chi connectivity index (χ2n) is 12.4. The van der Waals surface area contributed by atoms with E-state index in [0.29, 0.717) is 17.5 Å². The van der Waals surface area contributed by atoms with E-state index in [4.69, 9.17) is 19.4 Å². The lowest BCUT2D eigenvalue weighted by atomic mass is 10.0. The van der Waals surface area contributed by atoms with Crippen molar-refractivity contribution < 1.29 is 4.42 Å². The molecule has 0 atom stereocenters. The largest absolute Gasteiger partial charge is 0.456 e. The van der Waals surface area contributed by atoms with E-state index in [-0.39, 0.29) is 0 Å². The number of fused-ring (bicyclic) bond motifs is 6. The lowest BCUT2D eigenvalue weighted by Gasteiger charge is -2.10. The van der Waals surface area contributed by atoms with Crippen molar-refractivity contribution in [3.63, 3.8) is 0 Å². The van der Waals surface area contributed by atoms with Gasteiger partial charge >= 0.3 is 0 Å². The first-order valence-electron chi connectivity index (χ1n) is 16.7. The first kappa shape index (κ1) is 28.2. The molecular weight excluding hydrogens is 613 g/mol. The number of benzene rings is 7. The number of hydrogen-bond acceptors (Lipinski definition) is 4. The van der Waals surface area contributed by atoms with Crippen molar-refractivity contribution >= 4 is 43.7 Å². The van der Waals surface area contributed by atoms with Crippen LogP contribution in [0.5, 0.6) is 0 Å². The van der Waals surface area contributed by atoms with Crippen LogP contribution in [0, 0.1) is 0 Å². The fourth-order valence-electron chi connectivity index (χ4n) is 7.10. The van der Waals surface area contributed by atoms with E-state index in [1.807, 2.05) is 72.8 Å². The fraction of sp³-hybridized carbons (Fsp3) is 0. The molecule has 0 N–H and O–H groups in total. The Morgan fingerprint density at radius 2 is 0.880 bits per heavy atom. The van der Waals surface area contributed by atoms with Crippen LogP contribution in [-0.2, 0) is 0 Å². The first-order chi connectivity index (χ1) is 24.8. The van der Waals surface area contributed by atoms with Crippen molar-refractivity contribution in [1.29, 1.82) is 0 Å². The van der Waals surface area contributed by atoms with Gasteiger partial charge in [0.2, 0.25) is 0 Å². The normalized spacial score (nSPS) is 11.6. The number of furan rings is 1. The molecule has 3 aromatic heterocycles. The van der Waals surface area contributed by atoms with Crippen molar-refractivity contribution in [2.24, 2.45) is 0 Å². The molecule has 7 aromatic carbocycles. The maximum atomic E-state index is 6.27. The van der Waals surface area contributed by atoms with E-state index in [1.54, 1.807) is 0 Å². The van der Waals surface area contributed by atoms with Gasteiger partial charge in [-0.05, 0) is 47.5 Å². The summed E-state index contributed by atoms with van der Waals surface area (Å²) in [7, 11) is 0. The molecule has 0 saturated carbocycles. The zero-order valence-corrected chi connectivity index (χ0v) is 26.9. The highest BCUT2D eigenvalue weighted by molar-refractivity contribution is 6.14. The summed E-state index contributed by atoms with van der Waals surface area (Å²) < 4.78 is 8.64. The molecule has 10 rings (SSSR count). The van der Waals surface area contributed by atoms with Gasteiger partial charge in [-0.3, -0.25) is 0 Å². The van der Waals surface area contributed by atoms with Crippen molar-refractivity contribution in [3.05, 3.63) is 170 Å². The molecule has 0 aliphatic rings. The third-order valence-electron chi connectivity index (χ3n) is 9.47. The summed E-state index contributed by atoms with van der Waals surface area (Å²) in [6.45, 7) is 0. The summed E-state index contributed by atoms with van der Waals surface area (Å²) in [5.41, 5.74) is 10.3. The second-order valence-corrected chi connectivity index (χ2v) is 12.4. The summed E-state index contributed by atoms with van der Waals surface area (Å²) in [5.74, 6) is 1.95. The Bertz CT molecular complexity index is 2800. The standard InChI is InChI=1S/C45H28N4O/c1-3-12-30(13-4-1)43-46-44(31-14-5-2-6-15-31)48-45(47-43)32-24-22-29(23-25-32)33-26-27-38-36(28-33)34-16-7-9-18-37(34)49(38)39-19-11-21-41-42(39)35-17-8-10-20-40(35)50-41/h1-28H. The van der Waals surface area contributed by atoms with Gasteiger partial charge in [0.05, 0.1) is 22.1 Å². The van der Waals surface area contributed by atoms with Crippen molar-refractivity contribution in [2.75, 3.05) is 0 Å². The highest BCUT2D eigenvalue weighted by Crippen LogP contribution is 2.40. The van der Waals surface area contributed by atoms with Gasteiger partial charge in [-0.25, -0.2) is 15.0 Å². The Morgan fingerprint density at radius 1 is 0.360 bits per heavy atom. The van der Waals surface area contributed by atoms with Gasteiger partial charge in [0.25, 0.3) is 0 Å². The van der Waals surface area contributed by atoms with Crippen LogP contribution >= 0.6 is 0 Å². The molecule has 0 fully saturated rings. The quantitative estimate of drug-likeness (QED) is 0.188. The van der Waals surface area contributed by atoms with E-state index in [1.165, 1.54) is 10.8 Å². The first-order valence-corrected chi connectivity index (χ1v) is 16.7. The monoisotopic (exact) mass is 640 g/mol. The minimum absolute atomic E-state index is 0.642. The van der Waals surface area contributed by atoms with Crippen LogP contribution in [0.25, 0.3) is 94.7 Å². The lowest BCUT2D eigenvalue weighted by molar-refractivity contribution is 0.669. The van der Waals surface area contributed by atoms with Gasteiger partial charge in [-0.1, -0.05) is 133 Å². The van der Waals surface area contributed by atoms with Crippen LogP contribution in [0.3, 0.4) is 0 Å². The van der Waals surface area contributed by atoms with Crippen molar-refractivity contribution in [3.8, 4) is 51.0 Å². The minimum atomic E-state index is 0.642. The van der Waals surface area contributed by atoms with Crippen molar-refractivity contribution in [2.45, 2.75) is 0 Å². The summed E-state index contributed by atoms with van der Waals surface area (Å²) in [6.07, 6.45) is 0. The van der Waals surface area contributed by atoms with Crippen LogP contribution in [-0.4, -0.2) is 19.5 Å². The molecular formula is C45H28N4O. The smallest absolute Gasteiger partial charge is 0.164 e. The van der Waals surface area contributed by atoms with Gasteiger partial charge in [-0.2, -0.15) is 0 Å². The molecule has 5 nitrogen and oxygen atoms in total. The zero-order valence-electron chi connectivity index (χ0n) is 26.9. The van der Waals surface area contributed by atoms with E-state index >= 15 is 0 Å². The SMILES string of the molecule is c1ccc(-c2nc(-c3ccccc3)nc(-c3ccc(-c4ccc5c(c4)c4ccccc4n5-c4cccc5oc6ccccc6c45)cc3)n2)cc1. The molecule has 0 unspecified atom stereocenters. The van der Waals surface area contributed by atoms with Crippen LogP contribution in [0.15, 0.2) is 174 Å². The number of rotatable bonds is 5. The van der Waals surface area contributed by atoms with Crippen LogP contribution in [0.4, 0.5) is 0 Å². The molecule has 0 saturated heterocycles. The second kappa shape index (κ2) is 11.4. The molecule has 0 aliphatic heterocycles.